The maximum Gasteiger partial charge on any atom is 0.326 e. The number of primary amides is 1. The molecule has 2 aromatic rings. The number of hydrogen-bond acceptors (Lipinski definition) is 7. The van der Waals surface area contributed by atoms with Gasteiger partial charge in [-0.2, -0.15) is 0 Å². The summed E-state index contributed by atoms with van der Waals surface area (Å²) in [5.41, 5.74) is 6.37. The highest BCUT2D eigenvalue weighted by atomic mass is 19.1. The van der Waals surface area contributed by atoms with Crippen LogP contribution >= 0.6 is 0 Å². The van der Waals surface area contributed by atoms with Gasteiger partial charge in [-0.05, 0) is 42.5 Å². The maximum absolute atomic E-state index is 13.5. The molecule has 3 amide bonds. The number of carbonyl (C=O) groups excluding carboxylic acids is 3. The molecule has 0 aliphatic heterocycles. The summed E-state index contributed by atoms with van der Waals surface area (Å²) in [5, 5.41) is 17.7. The number of anilines is 1. The van der Waals surface area contributed by atoms with Gasteiger partial charge in [0.15, 0.2) is 11.5 Å². The molecular weight excluding hydrogens is 511 g/mol. The van der Waals surface area contributed by atoms with Gasteiger partial charge in [0, 0.05) is 19.0 Å². The van der Waals surface area contributed by atoms with Crippen LogP contribution in [0.5, 0.6) is 11.5 Å². The molecule has 0 saturated carbocycles. The number of benzene rings is 2. The first-order valence-corrected chi connectivity index (χ1v) is 12.3. The summed E-state index contributed by atoms with van der Waals surface area (Å²) in [7, 11) is 2.86. The molecule has 0 aliphatic rings. The van der Waals surface area contributed by atoms with E-state index < -0.39 is 35.8 Å². The van der Waals surface area contributed by atoms with E-state index in [-0.39, 0.29) is 48.9 Å². The number of nitrogens with two attached hydrogens (primary N) is 1. The van der Waals surface area contributed by atoms with Crippen LogP contribution in [0.3, 0.4) is 0 Å². The van der Waals surface area contributed by atoms with E-state index in [0.717, 1.165) is 5.56 Å². The summed E-state index contributed by atoms with van der Waals surface area (Å²) in [6, 6.07) is 6.44. The van der Waals surface area contributed by atoms with Crippen LogP contribution in [0.1, 0.15) is 49.0 Å². The topological polar surface area (TPSA) is 169 Å². The minimum absolute atomic E-state index is 0.0311. The number of carboxylic acid groups (broad SMARTS) is 1. The first kappa shape index (κ1) is 30.9. The van der Waals surface area contributed by atoms with Crippen molar-refractivity contribution in [2.45, 2.75) is 51.7 Å². The number of nitrogens with one attached hydrogen (secondary N) is 3. The smallest absolute Gasteiger partial charge is 0.326 e. The molecule has 2 aromatic carbocycles. The van der Waals surface area contributed by atoms with Crippen molar-refractivity contribution in [3.8, 4) is 11.5 Å². The van der Waals surface area contributed by atoms with Crippen LogP contribution in [-0.4, -0.2) is 55.1 Å². The first-order valence-electron chi connectivity index (χ1n) is 12.3. The van der Waals surface area contributed by atoms with Crippen molar-refractivity contribution < 1.29 is 38.1 Å². The van der Waals surface area contributed by atoms with Crippen LogP contribution in [-0.2, 0) is 20.9 Å². The maximum atomic E-state index is 13.5. The molecule has 11 nitrogen and oxygen atoms in total. The molecule has 0 spiro atoms. The van der Waals surface area contributed by atoms with Gasteiger partial charge < -0.3 is 36.3 Å². The minimum atomic E-state index is -1.36. The van der Waals surface area contributed by atoms with E-state index in [4.69, 9.17) is 15.2 Å². The highest BCUT2D eigenvalue weighted by Gasteiger charge is 2.29. The highest BCUT2D eigenvalue weighted by molar-refractivity contribution is 6.03. The Morgan fingerprint density at radius 2 is 1.59 bits per heavy atom. The third kappa shape index (κ3) is 9.47. The van der Waals surface area contributed by atoms with E-state index in [1.165, 1.54) is 32.4 Å². The van der Waals surface area contributed by atoms with Crippen molar-refractivity contribution in [1.29, 1.82) is 0 Å². The summed E-state index contributed by atoms with van der Waals surface area (Å²) >= 11 is 0. The average molecular weight is 547 g/mol. The van der Waals surface area contributed by atoms with Crippen LogP contribution in [0.2, 0.25) is 0 Å². The molecule has 0 bridgehead atoms. The fraction of sp³-hybridized carbons (Fsp3) is 0.407. The molecular formula is C27H35FN4O7. The number of aliphatic carboxylic acids is 1. The Hall–Kier alpha value is -4.35. The molecule has 0 aromatic heterocycles. The Labute approximate surface area is 226 Å². The molecule has 0 unspecified atom stereocenters. The Bertz CT molecular complexity index is 1170. The fourth-order valence-electron chi connectivity index (χ4n) is 3.77. The monoisotopic (exact) mass is 546 g/mol. The molecule has 6 N–H and O–H groups in total. The molecule has 39 heavy (non-hydrogen) atoms. The predicted octanol–water partition coefficient (Wildman–Crippen LogP) is 2.43. The normalized spacial score (nSPS) is 12.3. The van der Waals surface area contributed by atoms with Crippen molar-refractivity contribution in [3.05, 3.63) is 53.3 Å². The second-order valence-corrected chi connectivity index (χ2v) is 9.29. The molecule has 2 atom stereocenters. The number of rotatable bonds is 15. The van der Waals surface area contributed by atoms with Crippen LogP contribution in [0, 0.1) is 11.7 Å². The lowest BCUT2D eigenvalue weighted by molar-refractivity contribution is -0.142. The SMILES string of the molecule is COc1cc(NCc2ccc(F)cc2)c(C(=O)N[C@@H](CC(C)C)C(=O)N[C@@H](CCC(N)=O)C(=O)O)cc1OC. The van der Waals surface area contributed by atoms with Gasteiger partial charge >= 0.3 is 5.97 Å². The molecule has 0 fully saturated rings. The molecule has 12 heteroatoms. The molecule has 0 saturated heterocycles. The van der Waals surface area contributed by atoms with Crippen LogP contribution < -0.4 is 31.2 Å². The Morgan fingerprint density at radius 1 is 0.974 bits per heavy atom. The van der Waals surface area contributed by atoms with E-state index in [2.05, 4.69) is 16.0 Å². The number of hydrogen-bond donors (Lipinski definition) is 5. The van der Waals surface area contributed by atoms with Gasteiger partial charge in [0.2, 0.25) is 11.8 Å². The predicted molar refractivity (Wildman–Crippen MR) is 142 cm³/mol. The fourth-order valence-corrected chi connectivity index (χ4v) is 3.77. The zero-order valence-corrected chi connectivity index (χ0v) is 22.4. The summed E-state index contributed by atoms with van der Waals surface area (Å²) in [6.07, 6.45) is -0.204. The van der Waals surface area contributed by atoms with E-state index in [1.807, 2.05) is 13.8 Å². The number of halogens is 1. The molecule has 0 aliphatic carbocycles. The summed E-state index contributed by atoms with van der Waals surface area (Å²) in [6.45, 7) is 3.95. The number of amides is 3. The quantitative estimate of drug-likeness (QED) is 0.227. The Morgan fingerprint density at radius 3 is 2.13 bits per heavy atom. The third-order valence-corrected chi connectivity index (χ3v) is 5.79. The van der Waals surface area contributed by atoms with Crippen LogP contribution in [0.4, 0.5) is 10.1 Å². The molecule has 0 radical (unpaired) electrons. The molecule has 0 heterocycles. The number of ether oxygens (including phenoxy) is 2. The van der Waals surface area contributed by atoms with Crippen molar-refractivity contribution in [2.75, 3.05) is 19.5 Å². The van der Waals surface area contributed by atoms with Crippen molar-refractivity contribution in [1.82, 2.24) is 10.6 Å². The zero-order chi connectivity index (χ0) is 29.1. The molecule has 2 rings (SSSR count). The van der Waals surface area contributed by atoms with Gasteiger partial charge in [-0.15, -0.1) is 0 Å². The third-order valence-electron chi connectivity index (χ3n) is 5.79. The lowest BCUT2D eigenvalue weighted by Crippen LogP contribution is -2.52. The minimum Gasteiger partial charge on any atom is -0.493 e. The second kappa shape index (κ2) is 14.6. The summed E-state index contributed by atoms with van der Waals surface area (Å²) < 4.78 is 24.0. The van der Waals surface area contributed by atoms with Gasteiger partial charge in [-0.1, -0.05) is 26.0 Å². The Kier molecular flexibility index (Phi) is 11.5. The lowest BCUT2D eigenvalue weighted by atomic mass is 10.0. The Balaban J connectivity index is 2.33. The lowest BCUT2D eigenvalue weighted by Gasteiger charge is -2.23. The van der Waals surface area contributed by atoms with Crippen LogP contribution in [0.15, 0.2) is 36.4 Å². The van der Waals surface area contributed by atoms with Gasteiger partial charge in [0.25, 0.3) is 5.91 Å². The first-order chi connectivity index (χ1) is 18.4. The van der Waals surface area contributed by atoms with Crippen molar-refractivity contribution in [2.24, 2.45) is 11.7 Å². The van der Waals surface area contributed by atoms with E-state index in [0.29, 0.717) is 11.4 Å². The number of carbonyl (C=O) groups is 4. The second-order valence-electron chi connectivity index (χ2n) is 9.29. The highest BCUT2D eigenvalue weighted by Crippen LogP contribution is 2.34. The summed E-state index contributed by atoms with van der Waals surface area (Å²) in [4.78, 5) is 49.2. The van der Waals surface area contributed by atoms with Crippen molar-refractivity contribution >= 4 is 29.4 Å². The van der Waals surface area contributed by atoms with Gasteiger partial charge in [0.1, 0.15) is 17.9 Å². The van der Waals surface area contributed by atoms with Crippen LogP contribution in [0.25, 0.3) is 0 Å². The average Bonchev–Trinajstić information content (AvgIpc) is 2.88. The van der Waals surface area contributed by atoms with E-state index >= 15 is 0 Å². The van der Waals surface area contributed by atoms with Gasteiger partial charge in [-0.25, -0.2) is 9.18 Å². The number of carboxylic acids is 1. The van der Waals surface area contributed by atoms with E-state index in [1.54, 1.807) is 18.2 Å². The largest absolute Gasteiger partial charge is 0.493 e. The van der Waals surface area contributed by atoms with Gasteiger partial charge in [0.05, 0.1) is 25.5 Å². The standard InChI is InChI=1S/C27H35FN4O7/c1-15(2)11-21(26(35)31-19(27(36)37)9-10-24(29)33)32-25(34)18-12-22(38-3)23(39-4)13-20(18)30-14-16-5-7-17(28)8-6-16/h5-8,12-13,15,19,21,30H,9-11,14H2,1-4H3,(H2,29,33)(H,31,35)(H,32,34)(H,36,37)/t19-,21-/m0/s1. The number of methoxy groups -OCH3 is 2. The zero-order valence-electron chi connectivity index (χ0n) is 22.4. The summed E-state index contributed by atoms with van der Waals surface area (Å²) in [5.74, 6) is -3.14. The molecule has 212 valence electrons. The van der Waals surface area contributed by atoms with E-state index in [9.17, 15) is 28.7 Å². The van der Waals surface area contributed by atoms with Gasteiger partial charge in [-0.3, -0.25) is 14.4 Å². The van der Waals surface area contributed by atoms with Crippen molar-refractivity contribution in [3.63, 3.8) is 0 Å².